The highest BCUT2D eigenvalue weighted by Crippen LogP contribution is 2.06. The number of rotatable bonds is 2. The molecule has 9 heavy (non-hydrogen) atoms. The first kappa shape index (κ1) is 6.35. The van der Waals surface area contributed by atoms with E-state index < -0.39 is 0 Å². The Bertz CT molecular complexity index is 206. The van der Waals surface area contributed by atoms with Gasteiger partial charge in [-0.3, -0.25) is 0 Å². The molecule has 1 heterocycles. The first-order valence-corrected chi connectivity index (χ1v) is 3.42. The highest BCUT2D eigenvalue weighted by Gasteiger charge is 1.95. The normalized spacial score (nSPS) is 9.44. The zero-order valence-corrected chi connectivity index (χ0v) is 5.90. The maximum absolute atomic E-state index is 6.76. The van der Waals surface area contributed by atoms with Crippen molar-refractivity contribution in [2.45, 2.75) is 13.3 Å². The van der Waals surface area contributed by atoms with Crippen LogP contribution in [0.15, 0.2) is 0 Å². The lowest BCUT2D eigenvalue weighted by atomic mass is 10.5. The van der Waals surface area contributed by atoms with Gasteiger partial charge in [0.05, 0.1) is 0 Å². The lowest BCUT2D eigenvalue weighted by Gasteiger charge is -1.77. The van der Waals surface area contributed by atoms with E-state index in [0.29, 0.717) is 6.42 Å². The first-order chi connectivity index (χ1) is 4.33. The molecular formula is C5H7N3S. The van der Waals surface area contributed by atoms with E-state index >= 15 is 0 Å². The van der Waals surface area contributed by atoms with Gasteiger partial charge in [-0.05, 0) is 6.92 Å². The van der Waals surface area contributed by atoms with E-state index in [0.717, 1.165) is 10.0 Å². The number of hydrogen-bond donors (Lipinski definition) is 1. The first-order valence-electron chi connectivity index (χ1n) is 2.61. The summed E-state index contributed by atoms with van der Waals surface area (Å²) in [4.78, 5) is 0. The van der Waals surface area contributed by atoms with Gasteiger partial charge in [0.15, 0.2) is 0 Å². The standard InChI is InChI=1S/C5H7N3S/c1-4-7-8-5(9-4)2-3-6/h3,6H,2H2,1H3. The Kier molecular flexibility index (Phi) is 1.89. The molecule has 3 nitrogen and oxygen atoms in total. The van der Waals surface area contributed by atoms with Crippen LogP contribution >= 0.6 is 11.3 Å². The number of nitrogens with zero attached hydrogens (tertiary/aromatic N) is 2. The number of hydrogen-bond acceptors (Lipinski definition) is 4. The summed E-state index contributed by atoms with van der Waals surface area (Å²) in [7, 11) is 0. The third-order valence-corrected chi connectivity index (χ3v) is 1.71. The largest absolute Gasteiger partial charge is 0.313 e. The van der Waals surface area contributed by atoms with E-state index in [9.17, 15) is 0 Å². The Morgan fingerprint density at radius 2 is 2.44 bits per heavy atom. The van der Waals surface area contributed by atoms with E-state index in [1.54, 1.807) is 0 Å². The van der Waals surface area contributed by atoms with Gasteiger partial charge >= 0.3 is 0 Å². The third kappa shape index (κ3) is 1.57. The van der Waals surface area contributed by atoms with Crippen molar-refractivity contribution < 1.29 is 0 Å². The second-order valence-corrected chi connectivity index (χ2v) is 2.89. The molecule has 0 saturated carbocycles. The van der Waals surface area contributed by atoms with Gasteiger partial charge < -0.3 is 5.41 Å². The van der Waals surface area contributed by atoms with Gasteiger partial charge in [-0.2, -0.15) is 0 Å². The van der Waals surface area contributed by atoms with E-state index in [1.165, 1.54) is 17.6 Å². The van der Waals surface area contributed by atoms with E-state index in [2.05, 4.69) is 10.2 Å². The lowest BCUT2D eigenvalue weighted by molar-refractivity contribution is 1.00. The molecule has 0 bridgehead atoms. The molecule has 0 atom stereocenters. The van der Waals surface area contributed by atoms with Crippen molar-refractivity contribution in [2.75, 3.05) is 0 Å². The minimum atomic E-state index is 0.617. The maximum Gasteiger partial charge on any atom is 0.122 e. The lowest BCUT2D eigenvalue weighted by Crippen LogP contribution is -1.81. The zero-order chi connectivity index (χ0) is 6.69. The number of nitrogens with one attached hydrogen (secondary N) is 1. The van der Waals surface area contributed by atoms with Gasteiger partial charge in [0.25, 0.3) is 0 Å². The molecule has 0 unspecified atom stereocenters. The van der Waals surface area contributed by atoms with E-state index in [4.69, 9.17) is 5.41 Å². The second-order valence-electron chi connectivity index (χ2n) is 1.62. The molecule has 1 aromatic heterocycles. The fraction of sp³-hybridized carbons (Fsp3) is 0.400. The molecule has 1 aromatic rings. The Morgan fingerprint density at radius 3 is 2.89 bits per heavy atom. The highest BCUT2D eigenvalue weighted by molar-refractivity contribution is 7.11. The predicted molar refractivity (Wildman–Crippen MR) is 37.1 cm³/mol. The van der Waals surface area contributed by atoms with Crippen LogP contribution < -0.4 is 0 Å². The van der Waals surface area contributed by atoms with Crippen LogP contribution in [0.25, 0.3) is 0 Å². The molecule has 1 rings (SSSR count). The average Bonchev–Trinajstić information content (AvgIpc) is 2.17. The molecule has 0 aliphatic carbocycles. The summed E-state index contributed by atoms with van der Waals surface area (Å²) in [6.07, 6.45) is 1.95. The molecule has 0 radical (unpaired) electrons. The van der Waals surface area contributed by atoms with Gasteiger partial charge in [-0.25, -0.2) is 0 Å². The van der Waals surface area contributed by atoms with Crippen LogP contribution in [-0.4, -0.2) is 16.4 Å². The van der Waals surface area contributed by atoms with E-state index in [1.807, 2.05) is 6.92 Å². The third-order valence-electron chi connectivity index (χ3n) is 0.845. The van der Waals surface area contributed by atoms with Crippen LogP contribution in [0.1, 0.15) is 10.0 Å². The Labute approximate surface area is 57.3 Å². The SMILES string of the molecule is Cc1nnc(CC=N)s1. The molecular weight excluding hydrogens is 134 g/mol. The van der Waals surface area contributed by atoms with Gasteiger partial charge in [0.2, 0.25) is 0 Å². The highest BCUT2D eigenvalue weighted by atomic mass is 32.1. The summed E-state index contributed by atoms with van der Waals surface area (Å²) in [5.74, 6) is 0. The average molecular weight is 141 g/mol. The Hall–Kier alpha value is -0.770. The number of aromatic nitrogens is 2. The summed E-state index contributed by atoms with van der Waals surface area (Å²) in [6, 6.07) is 0. The van der Waals surface area contributed by atoms with Gasteiger partial charge in [0.1, 0.15) is 10.0 Å². The van der Waals surface area contributed by atoms with Crippen LogP contribution in [0.2, 0.25) is 0 Å². The molecule has 0 saturated heterocycles. The monoisotopic (exact) mass is 141 g/mol. The summed E-state index contributed by atoms with van der Waals surface area (Å²) in [5.41, 5.74) is 0. The summed E-state index contributed by atoms with van der Waals surface area (Å²) in [5, 5.41) is 16.3. The predicted octanol–water partition coefficient (Wildman–Crippen LogP) is 1.04. The fourth-order valence-electron chi connectivity index (χ4n) is 0.507. The van der Waals surface area contributed by atoms with Gasteiger partial charge in [-0.1, -0.05) is 0 Å². The summed E-state index contributed by atoms with van der Waals surface area (Å²) in [6.45, 7) is 1.91. The van der Waals surface area contributed by atoms with Crippen molar-refractivity contribution in [3.63, 3.8) is 0 Å². The number of aryl methyl sites for hydroxylation is 1. The van der Waals surface area contributed by atoms with Crippen molar-refractivity contribution in [2.24, 2.45) is 0 Å². The van der Waals surface area contributed by atoms with Crippen molar-refractivity contribution in [1.29, 1.82) is 5.41 Å². The van der Waals surface area contributed by atoms with Crippen molar-refractivity contribution in [3.8, 4) is 0 Å². The molecule has 1 N–H and O–H groups in total. The van der Waals surface area contributed by atoms with Crippen LogP contribution in [0.4, 0.5) is 0 Å². The van der Waals surface area contributed by atoms with Crippen LogP contribution in [0.3, 0.4) is 0 Å². The smallest absolute Gasteiger partial charge is 0.122 e. The Balaban J connectivity index is 2.72. The summed E-state index contributed by atoms with van der Waals surface area (Å²) >= 11 is 1.54. The molecule has 0 aromatic carbocycles. The van der Waals surface area contributed by atoms with Crippen LogP contribution in [0.5, 0.6) is 0 Å². The van der Waals surface area contributed by atoms with Gasteiger partial charge in [0, 0.05) is 12.6 Å². The minimum Gasteiger partial charge on any atom is -0.313 e. The molecule has 0 aliphatic heterocycles. The molecule has 0 aliphatic rings. The molecule has 0 fully saturated rings. The maximum atomic E-state index is 6.76. The van der Waals surface area contributed by atoms with Crippen LogP contribution in [0, 0.1) is 12.3 Å². The Morgan fingerprint density at radius 1 is 1.67 bits per heavy atom. The quantitative estimate of drug-likeness (QED) is 0.625. The molecule has 4 heteroatoms. The van der Waals surface area contributed by atoms with Crippen molar-refractivity contribution in [3.05, 3.63) is 10.0 Å². The topological polar surface area (TPSA) is 49.6 Å². The summed E-state index contributed by atoms with van der Waals surface area (Å²) < 4.78 is 0. The van der Waals surface area contributed by atoms with E-state index in [-0.39, 0.29) is 0 Å². The molecule has 0 spiro atoms. The van der Waals surface area contributed by atoms with Crippen molar-refractivity contribution >= 4 is 17.6 Å². The van der Waals surface area contributed by atoms with Crippen LogP contribution in [-0.2, 0) is 6.42 Å². The molecule has 48 valence electrons. The van der Waals surface area contributed by atoms with Gasteiger partial charge in [-0.15, -0.1) is 21.5 Å². The second kappa shape index (κ2) is 2.68. The van der Waals surface area contributed by atoms with Crippen molar-refractivity contribution in [1.82, 2.24) is 10.2 Å². The minimum absolute atomic E-state index is 0.617. The fourth-order valence-corrected chi connectivity index (χ4v) is 1.18. The molecule has 0 amide bonds. The zero-order valence-electron chi connectivity index (χ0n) is 5.09.